The second-order valence-corrected chi connectivity index (χ2v) is 5.00. The number of carbonyl (C=O) groups is 2. The average Bonchev–Trinajstić information content (AvgIpc) is 3.05. The minimum Gasteiger partial charge on any atom is -0.491 e. The lowest BCUT2D eigenvalue weighted by atomic mass is 10.2. The number of hydrogen-bond donors (Lipinski definition) is 3. The van der Waals surface area contributed by atoms with Gasteiger partial charge in [0.1, 0.15) is 12.4 Å². The summed E-state index contributed by atoms with van der Waals surface area (Å²) in [6, 6.07) is 7.05. The van der Waals surface area contributed by atoms with Crippen LogP contribution < -0.4 is 21.1 Å². The highest BCUT2D eigenvalue weighted by atomic mass is 16.5. The first-order chi connectivity index (χ1) is 10.7. The SMILES string of the molecule is NCC(=O)NCC(=O)Nc1ccc(OCC2CCCO2)cc1. The lowest BCUT2D eigenvalue weighted by Gasteiger charge is -2.12. The maximum atomic E-state index is 11.6. The van der Waals surface area contributed by atoms with E-state index in [0.717, 1.165) is 25.2 Å². The second kappa shape index (κ2) is 8.35. The molecule has 1 aliphatic rings. The standard InChI is InChI=1S/C15H21N3O4/c16-8-14(19)17-9-15(20)18-11-3-5-12(6-4-11)22-10-13-2-1-7-21-13/h3-6,13H,1-2,7-10,16H2,(H,17,19)(H,18,20). The third kappa shape index (κ3) is 5.34. The number of rotatable bonds is 7. The van der Waals surface area contributed by atoms with Gasteiger partial charge in [-0.25, -0.2) is 0 Å². The van der Waals surface area contributed by atoms with Crippen LogP contribution >= 0.6 is 0 Å². The average molecular weight is 307 g/mol. The number of benzene rings is 1. The van der Waals surface area contributed by atoms with Gasteiger partial charge in [0, 0.05) is 12.3 Å². The molecule has 2 rings (SSSR count). The zero-order chi connectivity index (χ0) is 15.8. The Hall–Kier alpha value is -2.12. The molecule has 2 amide bonds. The number of anilines is 1. The highest BCUT2D eigenvalue weighted by molar-refractivity contribution is 5.94. The molecule has 1 aliphatic heterocycles. The molecule has 1 saturated heterocycles. The van der Waals surface area contributed by atoms with E-state index >= 15 is 0 Å². The van der Waals surface area contributed by atoms with Crippen LogP contribution in [0.4, 0.5) is 5.69 Å². The van der Waals surface area contributed by atoms with Crippen molar-refractivity contribution in [2.75, 3.05) is 31.6 Å². The van der Waals surface area contributed by atoms with Crippen molar-refractivity contribution >= 4 is 17.5 Å². The minimum absolute atomic E-state index is 0.104. The summed E-state index contributed by atoms with van der Waals surface area (Å²) >= 11 is 0. The molecule has 120 valence electrons. The monoisotopic (exact) mass is 307 g/mol. The quantitative estimate of drug-likeness (QED) is 0.670. The third-order valence-electron chi connectivity index (χ3n) is 3.23. The van der Waals surface area contributed by atoms with Crippen molar-refractivity contribution in [1.82, 2.24) is 5.32 Å². The van der Waals surface area contributed by atoms with Crippen molar-refractivity contribution in [1.29, 1.82) is 0 Å². The van der Waals surface area contributed by atoms with Crippen LogP contribution in [0.25, 0.3) is 0 Å². The maximum absolute atomic E-state index is 11.6. The van der Waals surface area contributed by atoms with Crippen molar-refractivity contribution in [2.45, 2.75) is 18.9 Å². The first-order valence-electron chi connectivity index (χ1n) is 7.28. The van der Waals surface area contributed by atoms with E-state index in [2.05, 4.69) is 10.6 Å². The highest BCUT2D eigenvalue weighted by Crippen LogP contribution is 2.18. The Labute approximate surface area is 129 Å². The topological polar surface area (TPSA) is 103 Å². The molecule has 7 nitrogen and oxygen atoms in total. The van der Waals surface area contributed by atoms with Gasteiger partial charge in [0.2, 0.25) is 11.8 Å². The summed E-state index contributed by atoms with van der Waals surface area (Å²) in [6.45, 7) is 1.11. The van der Waals surface area contributed by atoms with E-state index in [1.165, 1.54) is 0 Å². The van der Waals surface area contributed by atoms with E-state index < -0.39 is 0 Å². The van der Waals surface area contributed by atoms with Crippen LogP contribution in [0.5, 0.6) is 5.75 Å². The Morgan fingerprint density at radius 2 is 2.05 bits per heavy atom. The lowest BCUT2D eigenvalue weighted by Crippen LogP contribution is -2.36. The second-order valence-electron chi connectivity index (χ2n) is 5.00. The predicted molar refractivity (Wildman–Crippen MR) is 81.6 cm³/mol. The number of nitrogens with two attached hydrogens (primary N) is 1. The molecular weight excluding hydrogens is 286 g/mol. The zero-order valence-corrected chi connectivity index (χ0v) is 12.3. The molecule has 1 fully saturated rings. The first-order valence-corrected chi connectivity index (χ1v) is 7.28. The van der Waals surface area contributed by atoms with Crippen LogP contribution in [0.15, 0.2) is 24.3 Å². The van der Waals surface area contributed by atoms with Crippen LogP contribution in [0, 0.1) is 0 Å². The third-order valence-corrected chi connectivity index (χ3v) is 3.23. The Bertz CT molecular complexity index is 498. The van der Waals surface area contributed by atoms with Gasteiger partial charge in [0.15, 0.2) is 0 Å². The predicted octanol–water partition coefficient (Wildman–Crippen LogP) is 0.258. The number of nitrogens with one attached hydrogen (secondary N) is 2. The van der Waals surface area contributed by atoms with E-state index in [4.69, 9.17) is 15.2 Å². The van der Waals surface area contributed by atoms with Gasteiger partial charge < -0.3 is 25.8 Å². The fraction of sp³-hybridized carbons (Fsp3) is 0.467. The lowest BCUT2D eigenvalue weighted by molar-refractivity contribution is -0.123. The highest BCUT2D eigenvalue weighted by Gasteiger charge is 2.15. The molecule has 1 atom stereocenters. The molecule has 1 unspecified atom stereocenters. The first kappa shape index (κ1) is 16.3. The Balaban J connectivity index is 1.73. The minimum atomic E-state index is -0.368. The zero-order valence-electron chi connectivity index (χ0n) is 12.3. The fourth-order valence-corrected chi connectivity index (χ4v) is 2.06. The molecule has 1 heterocycles. The molecule has 1 aromatic carbocycles. The van der Waals surface area contributed by atoms with Gasteiger partial charge in [-0.1, -0.05) is 0 Å². The van der Waals surface area contributed by atoms with Crippen molar-refractivity contribution in [3.05, 3.63) is 24.3 Å². The van der Waals surface area contributed by atoms with E-state index in [1.807, 2.05) is 0 Å². The summed E-state index contributed by atoms with van der Waals surface area (Å²) in [4.78, 5) is 22.6. The summed E-state index contributed by atoms with van der Waals surface area (Å²) in [7, 11) is 0. The summed E-state index contributed by atoms with van der Waals surface area (Å²) < 4.78 is 11.1. The molecule has 0 aromatic heterocycles. The van der Waals surface area contributed by atoms with Gasteiger partial charge >= 0.3 is 0 Å². The van der Waals surface area contributed by atoms with Crippen molar-refractivity contribution in [3.63, 3.8) is 0 Å². The van der Waals surface area contributed by atoms with Gasteiger partial charge in [-0.05, 0) is 37.1 Å². The number of carbonyl (C=O) groups excluding carboxylic acids is 2. The molecule has 7 heteroatoms. The van der Waals surface area contributed by atoms with Gasteiger partial charge in [0.25, 0.3) is 0 Å². The number of amides is 2. The number of hydrogen-bond acceptors (Lipinski definition) is 5. The van der Waals surface area contributed by atoms with Crippen LogP contribution in [-0.4, -0.2) is 44.2 Å². The molecular formula is C15H21N3O4. The molecule has 0 spiro atoms. The normalized spacial score (nSPS) is 17.0. The molecule has 0 radical (unpaired) electrons. The van der Waals surface area contributed by atoms with E-state index in [9.17, 15) is 9.59 Å². The Kier molecular flexibility index (Phi) is 6.17. The molecule has 4 N–H and O–H groups in total. The fourth-order valence-electron chi connectivity index (χ4n) is 2.06. The molecule has 22 heavy (non-hydrogen) atoms. The van der Waals surface area contributed by atoms with Gasteiger partial charge in [-0.3, -0.25) is 9.59 Å². The molecule has 0 saturated carbocycles. The van der Waals surface area contributed by atoms with Crippen LogP contribution in [0.1, 0.15) is 12.8 Å². The summed E-state index contributed by atoms with van der Waals surface area (Å²) in [6.07, 6.45) is 2.29. The summed E-state index contributed by atoms with van der Waals surface area (Å²) in [5.74, 6) is 0.0489. The molecule has 0 bridgehead atoms. The van der Waals surface area contributed by atoms with E-state index in [1.54, 1.807) is 24.3 Å². The molecule has 1 aromatic rings. The Morgan fingerprint density at radius 1 is 1.27 bits per heavy atom. The van der Waals surface area contributed by atoms with Crippen molar-refractivity contribution in [3.8, 4) is 5.75 Å². The number of ether oxygens (including phenoxy) is 2. The van der Waals surface area contributed by atoms with Gasteiger partial charge in [-0.2, -0.15) is 0 Å². The largest absolute Gasteiger partial charge is 0.491 e. The molecule has 0 aliphatic carbocycles. The summed E-state index contributed by atoms with van der Waals surface area (Å²) in [5.41, 5.74) is 5.77. The van der Waals surface area contributed by atoms with Crippen LogP contribution in [-0.2, 0) is 14.3 Å². The Morgan fingerprint density at radius 3 is 2.68 bits per heavy atom. The smallest absolute Gasteiger partial charge is 0.243 e. The van der Waals surface area contributed by atoms with Gasteiger partial charge in [-0.15, -0.1) is 0 Å². The van der Waals surface area contributed by atoms with E-state index in [-0.39, 0.29) is 31.0 Å². The van der Waals surface area contributed by atoms with Gasteiger partial charge in [0.05, 0.1) is 19.2 Å². The van der Waals surface area contributed by atoms with E-state index in [0.29, 0.717) is 12.3 Å². The summed E-state index contributed by atoms with van der Waals surface area (Å²) in [5, 5.41) is 5.07. The van der Waals surface area contributed by atoms with Crippen molar-refractivity contribution < 1.29 is 19.1 Å². The van der Waals surface area contributed by atoms with Crippen LogP contribution in [0.3, 0.4) is 0 Å². The maximum Gasteiger partial charge on any atom is 0.243 e. The van der Waals surface area contributed by atoms with Crippen molar-refractivity contribution in [2.24, 2.45) is 5.73 Å². The van der Waals surface area contributed by atoms with Crippen LogP contribution in [0.2, 0.25) is 0 Å².